The number of hydrogen-bond acceptors (Lipinski definition) is 6. The molecule has 1 heterocycles. The standard InChI is InChI=1S/C14H21NO5S/c1-10-9-21(17,18)5-4-15(10)8-11-6-12(19-2)14(16)13(7-11)20-3/h6-7,10,16H,4-5,8-9H2,1-3H3. The van der Waals surface area contributed by atoms with Crippen LogP contribution in [-0.2, 0) is 16.4 Å². The minimum Gasteiger partial charge on any atom is -0.502 e. The zero-order chi connectivity index (χ0) is 15.6. The Labute approximate surface area is 125 Å². The molecule has 0 saturated carbocycles. The maximum Gasteiger partial charge on any atom is 0.200 e. The van der Waals surface area contributed by atoms with E-state index in [1.807, 2.05) is 6.92 Å². The highest BCUT2D eigenvalue weighted by atomic mass is 32.2. The molecule has 6 nitrogen and oxygen atoms in total. The fraction of sp³-hybridized carbons (Fsp3) is 0.571. The fourth-order valence-electron chi connectivity index (χ4n) is 2.54. The highest BCUT2D eigenvalue weighted by Gasteiger charge is 2.28. The van der Waals surface area contributed by atoms with Gasteiger partial charge in [0.2, 0.25) is 5.75 Å². The number of phenolic OH excluding ortho intramolecular Hbond substituents is 1. The number of nitrogens with zero attached hydrogens (tertiary/aromatic N) is 1. The van der Waals surface area contributed by atoms with Crippen LogP contribution in [0.15, 0.2) is 12.1 Å². The maximum absolute atomic E-state index is 11.6. The van der Waals surface area contributed by atoms with Crippen LogP contribution in [0, 0.1) is 0 Å². The summed E-state index contributed by atoms with van der Waals surface area (Å²) < 4.78 is 33.5. The predicted octanol–water partition coefficient (Wildman–Crippen LogP) is 1.03. The smallest absolute Gasteiger partial charge is 0.200 e. The number of benzene rings is 1. The first-order chi connectivity index (χ1) is 9.86. The molecule has 7 heteroatoms. The molecule has 1 fully saturated rings. The molecule has 1 saturated heterocycles. The molecule has 0 radical (unpaired) electrons. The molecule has 2 rings (SSSR count). The molecular weight excluding hydrogens is 294 g/mol. The monoisotopic (exact) mass is 315 g/mol. The third-order valence-corrected chi connectivity index (χ3v) is 5.53. The molecular formula is C14H21NO5S. The van der Waals surface area contributed by atoms with Gasteiger partial charge in [0.15, 0.2) is 21.3 Å². The van der Waals surface area contributed by atoms with Crippen LogP contribution in [0.1, 0.15) is 12.5 Å². The quantitative estimate of drug-likeness (QED) is 0.894. The Kier molecular flexibility index (Phi) is 4.63. The van der Waals surface area contributed by atoms with E-state index in [0.717, 1.165) is 5.56 Å². The molecule has 1 aromatic rings. The summed E-state index contributed by atoms with van der Waals surface area (Å²) in [5.74, 6) is 1.03. The van der Waals surface area contributed by atoms with Crippen molar-refractivity contribution in [2.24, 2.45) is 0 Å². The summed E-state index contributed by atoms with van der Waals surface area (Å²) >= 11 is 0. The largest absolute Gasteiger partial charge is 0.502 e. The van der Waals surface area contributed by atoms with Crippen molar-refractivity contribution in [3.05, 3.63) is 17.7 Å². The lowest BCUT2D eigenvalue weighted by Crippen LogP contribution is -2.46. The molecule has 1 aromatic carbocycles. The van der Waals surface area contributed by atoms with Crippen LogP contribution in [-0.4, -0.2) is 56.7 Å². The first kappa shape index (κ1) is 15.9. The Bertz CT molecular complexity index is 589. The molecule has 0 aromatic heterocycles. The van der Waals surface area contributed by atoms with E-state index in [2.05, 4.69) is 4.90 Å². The Balaban J connectivity index is 2.20. The second-order valence-corrected chi connectivity index (χ2v) is 7.51. The summed E-state index contributed by atoms with van der Waals surface area (Å²) in [7, 11) is 0.0405. The summed E-state index contributed by atoms with van der Waals surface area (Å²) in [6.45, 7) is 3.00. The SMILES string of the molecule is COc1cc(CN2CCS(=O)(=O)CC2C)cc(OC)c1O. The second-order valence-electron chi connectivity index (χ2n) is 5.28. The van der Waals surface area contributed by atoms with Gasteiger partial charge in [-0.25, -0.2) is 8.42 Å². The Morgan fingerprint density at radius 3 is 2.33 bits per heavy atom. The third kappa shape index (κ3) is 3.59. The van der Waals surface area contributed by atoms with Gasteiger partial charge in [0, 0.05) is 19.1 Å². The van der Waals surface area contributed by atoms with E-state index in [1.54, 1.807) is 12.1 Å². The molecule has 1 aliphatic rings. The van der Waals surface area contributed by atoms with Crippen molar-refractivity contribution in [3.8, 4) is 17.2 Å². The van der Waals surface area contributed by atoms with Crippen LogP contribution in [0.5, 0.6) is 17.2 Å². The summed E-state index contributed by atoms with van der Waals surface area (Å²) in [5.41, 5.74) is 0.910. The van der Waals surface area contributed by atoms with E-state index in [4.69, 9.17) is 9.47 Å². The lowest BCUT2D eigenvalue weighted by molar-refractivity contribution is 0.217. The molecule has 21 heavy (non-hydrogen) atoms. The summed E-state index contributed by atoms with van der Waals surface area (Å²) in [4.78, 5) is 2.10. The molecule has 118 valence electrons. The highest BCUT2D eigenvalue weighted by Crippen LogP contribution is 2.37. The van der Waals surface area contributed by atoms with Crippen LogP contribution in [0.25, 0.3) is 0 Å². The maximum atomic E-state index is 11.6. The van der Waals surface area contributed by atoms with Crippen LogP contribution in [0.2, 0.25) is 0 Å². The van der Waals surface area contributed by atoms with Crippen molar-refractivity contribution in [3.63, 3.8) is 0 Å². The Morgan fingerprint density at radius 1 is 1.29 bits per heavy atom. The van der Waals surface area contributed by atoms with Gasteiger partial charge in [-0.2, -0.15) is 0 Å². The first-order valence-corrected chi connectivity index (χ1v) is 8.56. The minimum atomic E-state index is -2.92. The molecule has 0 aliphatic carbocycles. The van der Waals surface area contributed by atoms with Crippen molar-refractivity contribution < 1.29 is 23.0 Å². The summed E-state index contributed by atoms with van der Waals surface area (Å²) in [6.07, 6.45) is 0. The van der Waals surface area contributed by atoms with Gasteiger partial charge in [-0.05, 0) is 24.6 Å². The summed E-state index contributed by atoms with van der Waals surface area (Å²) in [5, 5.41) is 9.90. The van der Waals surface area contributed by atoms with Crippen LogP contribution in [0.3, 0.4) is 0 Å². The average Bonchev–Trinajstić information content (AvgIpc) is 2.43. The van der Waals surface area contributed by atoms with E-state index in [1.165, 1.54) is 14.2 Å². The number of aromatic hydroxyl groups is 1. The summed E-state index contributed by atoms with van der Waals surface area (Å²) in [6, 6.07) is 3.45. The van der Waals surface area contributed by atoms with Gasteiger partial charge < -0.3 is 14.6 Å². The van der Waals surface area contributed by atoms with Crippen LogP contribution < -0.4 is 9.47 Å². The van der Waals surface area contributed by atoms with Crippen molar-refractivity contribution >= 4 is 9.84 Å². The molecule has 1 unspecified atom stereocenters. The van der Waals surface area contributed by atoms with Gasteiger partial charge in [0.25, 0.3) is 0 Å². The topological polar surface area (TPSA) is 76.1 Å². The van der Waals surface area contributed by atoms with Crippen molar-refractivity contribution in [1.29, 1.82) is 0 Å². The zero-order valence-electron chi connectivity index (χ0n) is 12.5. The Hall–Kier alpha value is -1.47. The second kappa shape index (κ2) is 6.11. The Morgan fingerprint density at radius 2 is 1.86 bits per heavy atom. The molecule has 1 aliphatic heterocycles. The van der Waals surface area contributed by atoms with Crippen LogP contribution in [0.4, 0.5) is 0 Å². The normalized spacial score (nSPS) is 22.0. The molecule has 0 spiro atoms. The first-order valence-electron chi connectivity index (χ1n) is 6.74. The van der Waals surface area contributed by atoms with E-state index in [-0.39, 0.29) is 23.3 Å². The van der Waals surface area contributed by atoms with Gasteiger partial charge >= 0.3 is 0 Å². The lowest BCUT2D eigenvalue weighted by atomic mass is 10.1. The number of ether oxygens (including phenoxy) is 2. The number of methoxy groups -OCH3 is 2. The van der Waals surface area contributed by atoms with Gasteiger partial charge in [-0.15, -0.1) is 0 Å². The van der Waals surface area contributed by atoms with Gasteiger partial charge in [-0.3, -0.25) is 4.90 Å². The number of phenols is 1. The predicted molar refractivity (Wildman–Crippen MR) is 79.7 cm³/mol. The number of sulfone groups is 1. The fourth-order valence-corrected chi connectivity index (χ4v) is 4.17. The molecule has 0 bridgehead atoms. The number of hydrogen-bond donors (Lipinski definition) is 1. The van der Waals surface area contributed by atoms with E-state index in [0.29, 0.717) is 24.6 Å². The van der Waals surface area contributed by atoms with Gasteiger partial charge in [0.1, 0.15) is 0 Å². The van der Waals surface area contributed by atoms with Crippen molar-refractivity contribution in [2.45, 2.75) is 19.5 Å². The van der Waals surface area contributed by atoms with Gasteiger partial charge in [0.05, 0.1) is 25.7 Å². The van der Waals surface area contributed by atoms with Gasteiger partial charge in [-0.1, -0.05) is 0 Å². The molecule has 1 N–H and O–H groups in total. The average molecular weight is 315 g/mol. The third-order valence-electron chi connectivity index (χ3n) is 3.73. The molecule has 1 atom stereocenters. The zero-order valence-corrected chi connectivity index (χ0v) is 13.3. The van der Waals surface area contributed by atoms with E-state index >= 15 is 0 Å². The van der Waals surface area contributed by atoms with Crippen molar-refractivity contribution in [1.82, 2.24) is 4.90 Å². The van der Waals surface area contributed by atoms with E-state index < -0.39 is 9.84 Å². The number of rotatable bonds is 4. The van der Waals surface area contributed by atoms with Crippen molar-refractivity contribution in [2.75, 3.05) is 32.3 Å². The van der Waals surface area contributed by atoms with E-state index in [9.17, 15) is 13.5 Å². The molecule has 0 amide bonds. The lowest BCUT2D eigenvalue weighted by Gasteiger charge is -2.33. The van der Waals surface area contributed by atoms with Crippen LogP contribution >= 0.6 is 0 Å². The minimum absolute atomic E-state index is 0.0296. The highest BCUT2D eigenvalue weighted by molar-refractivity contribution is 7.91.